The smallest absolute Gasteiger partial charge is 0.251 e. The quantitative estimate of drug-likeness (QED) is 0.860. The average Bonchev–Trinajstić information content (AvgIpc) is 3.33. The van der Waals surface area contributed by atoms with Crippen molar-refractivity contribution in [3.63, 3.8) is 0 Å². The molecule has 0 bridgehead atoms. The summed E-state index contributed by atoms with van der Waals surface area (Å²) in [7, 11) is 0. The zero-order valence-electron chi connectivity index (χ0n) is 12.7. The first-order valence-electron chi connectivity index (χ1n) is 7.82. The predicted octanol–water partition coefficient (Wildman–Crippen LogP) is 2.90. The number of carbonyl (C=O) groups is 1. The fraction of sp³-hybridized carbons (Fsp3) is 0.316. The normalized spacial score (nSPS) is 15.3. The molecule has 114 valence electrons. The number of hydrogen-bond donors (Lipinski definition) is 2. The maximum Gasteiger partial charge on any atom is 0.251 e. The van der Waals surface area contributed by atoms with Gasteiger partial charge >= 0.3 is 0 Å². The van der Waals surface area contributed by atoms with E-state index in [1.54, 1.807) is 0 Å². The summed E-state index contributed by atoms with van der Waals surface area (Å²) in [5.74, 6) is 0.00269. The Labute approximate surface area is 131 Å². The maximum atomic E-state index is 12.2. The highest BCUT2D eigenvalue weighted by molar-refractivity contribution is 5.94. The molecule has 0 radical (unpaired) electrons. The summed E-state index contributed by atoms with van der Waals surface area (Å²) in [6, 6.07) is 18.0. The lowest BCUT2D eigenvalue weighted by Gasteiger charge is -2.16. The largest absolute Gasteiger partial charge is 0.351 e. The molecule has 0 spiro atoms. The molecule has 2 aromatic carbocycles. The lowest BCUT2D eigenvalue weighted by Crippen LogP contribution is -2.31. The zero-order chi connectivity index (χ0) is 15.4. The van der Waals surface area contributed by atoms with Crippen LogP contribution in [0.5, 0.6) is 0 Å². The first kappa shape index (κ1) is 14.8. The van der Waals surface area contributed by atoms with Crippen LogP contribution in [-0.4, -0.2) is 12.5 Å². The number of benzene rings is 2. The Morgan fingerprint density at radius 3 is 2.27 bits per heavy atom. The van der Waals surface area contributed by atoms with Gasteiger partial charge in [0.25, 0.3) is 5.91 Å². The highest BCUT2D eigenvalue weighted by Crippen LogP contribution is 2.47. The van der Waals surface area contributed by atoms with Crippen LogP contribution in [0.4, 0.5) is 0 Å². The first-order chi connectivity index (χ1) is 10.7. The zero-order valence-corrected chi connectivity index (χ0v) is 12.7. The Kier molecular flexibility index (Phi) is 4.25. The van der Waals surface area contributed by atoms with E-state index >= 15 is 0 Å². The van der Waals surface area contributed by atoms with E-state index in [1.165, 1.54) is 18.4 Å². The van der Waals surface area contributed by atoms with Crippen molar-refractivity contribution in [2.45, 2.75) is 25.8 Å². The van der Waals surface area contributed by atoms with Gasteiger partial charge in [-0.1, -0.05) is 42.5 Å². The van der Waals surface area contributed by atoms with Crippen LogP contribution >= 0.6 is 0 Å². The lowest BCUT2D eigenvalue weighted by atomic mass is 9.96. The molecule has 1 aliphatic rings. The molecule has 1 fully saturated rings. The lowest BCUT2D eigenvalue weighted by molar-refractivity contribution is 0.0944. The highest BCUT2D eigenvalue weighted by Gasteiger charge is 2.42. The molecule has 0 unspecified atom stereocenters. The van der Waals surface area contributed by atoms with Crippen molar-refractivity contribution in [2.24, 2.45) is 11.1 Å². The van der Waals surface area contributed by atoms with Gasteiger partial charge in [0.15, 0.2) is 0 Å². The molecule has 1 aliphatic carbocycles. The maximum absolute atomic E-state index is 12.2. The van der Waals surface area contributed by atoms with Gasteiger partial charge in [-0.2, -0.15) is 0 Å². The van der Waals surface area contributed by atoms with E-state index in [9.17, 15) is 4.79 Å². The van der Waals surface area contributed by atoms with Gasteiger partial charge < -0.3 is 11.1 Å². The van der Waals surface area contributed by atoms with E-state index in [0.717, 1.165) is 18.5 Å². The monoisotopic (exact) mass is 294 g/mol. The van der Waals surface area contributed by atoms with Gasteiger partial charge in [-0.25, -0.2) is 0 Å². The molecule has 3 N–H and O–H groups in total. The first-order valence-corrected chi connectivity index (χ1v) is 7.82. The minimum absolute atomic E-state index is 0.00269. The van der Waals surface area contributed by atoms with Crippen LogP contribution < -0.4 is 11.1 Å². The van der Waals surface area contributed by atoms with Gasteiger partial charge in [0.2, 0.25) is 0 Å². The number of hydrogen-bond acceptors (Lipinski definition) is 2. The van der Waals surface area contributed by atoms with Gasteiger partial charge in [0.1, 0.15) is 0 Å². The Hall–Kier alpha value is -2.13. The van der Waals surface area contributed by atoms with Crippen LogP contribution in [0.1, 0.15) is 34.3 Å². The average molecular weight is 294 g/mol. The van der Waals surface area contributed by atoms with Crippen LogP contribution in [0, 0.1) is 5.41 Å². The standard InChI is InChI=1S/C19H22N2O/c20-13-16-6-8-17(9-7-16)18(22)21-14-19(10-11-19)12-15-4-2-1-3-5-15/h1-9H,10-14,20H2,(H,21,22). The van der Waals surface area contributed by atoms with Gasteiger partial charge in [-0.15, -0.1) is 0 Å². The molecule has 0 atom stereocenters. The van der Waals surface area contributed by atoms with Gasteiger partial charge in [-0.3, -0.25) is 4.79 Å². The van der Waals surface area contributed by atoms with Crippen molar-refractivity contribution in [3.05, 3.63) is 71.3 Å². The van der Waals surface area contributed by atoms with Crippen molar-refractivity contribution in [1.82, 2.24) is 5.32 Å². The van der Waals surface area contributed by atoms with Crippen LogP contribution in [0.25, 0.3) is 0 Å². The minimum Gasteiger partial charge on any atom is -0.351 e. The number of nitrogens with two attached hydrogens (primary N) is 1. The number of carbonyl (C=O) groups excluding carboxylic acids is 1. The Balaban J connectivity index is 1.56. The molecule has 1 amide bonds. The third-order valence-corrected chi connectivity index (χ3v) is 4.45. The minimum atomic E-state index is 0.00269. The SMILES string of the molecule is NCc1ccc(C(=O)NCC2(Cc3ccccc3)CC2)cc1. The molecule has 0 saturated heterocycles. The summed E-state index contributed by atoms with van der Waals surface area (Å²) in [6.45, 7) is 1.25. The molecule has 22 heavy (non-hydrogen) atoms. The molecule has 0 aromatic heterocycles. The number of nitrogens with one attached hydrogen (secondary N) is 1. The van der Waals surface area contributed by atoms with Gasteiger partial charge in [0, 0.05) is 18.7 Å². The predicted molar refractivity (Wildman–Crippen MR) is 88.5 cm³/mol. The van der Waals surface area contributed by atoms with E-state index in [0.29, 0.717) is 12.1 Å². The third-order valence-electron chi connectivity index (χ3n) is 4.45. The van der Waals surface area contributed by atoms with Crippen molar-refractivity contribution in [2.75, 3.05) is 6.54 Å². The number of rotatable bonds is 6. The van der Waals surface area contributed by atoms with Crippen molar-refractivity contribution in [3.8, 4) is 0 Å². The summed E-state index contributed by atoms with van der Waals surface area (Å²) in [6.07, 6.45) is 3.42. The van der Waals surface area contributed by atoms with Crippen LogP contribution in [0.15, 0.2) is 54.6 Å². The Morgan fingerprint density at radius 2 is 1.68 bits per heavy atom. The molecule has 3 nitrogen and oxygen atoms in total. The summed E-state index contributed by atoms with van der Waals surface area (Å²) < 4.78 is 0. The summed E-state index contributed by atoms with van der Waals surface area (Å²) >= 11 is 0. The molecule has 1 saturated carbocycles. The molecule has 0 heterocycles. The molecular weight excluding hydrogens is 272 g/mol. The van der Waals surface area contributed by atoms with Crippen molar-refractivity contribution in [1.29, 1.82) is 0 Å². The van der Waals surface area contributed by atoms with Crippen LogP contribution in [-0.2, 0) is 13.0 Å². The Morgan fingerprint density at radius 1 is 1.00 bits per heavy atom. The van der Waals surface area contributed by atoms with Gasteiger partial charge in [-0.05, 0) is 47.9 Å². The van der Waals surface area contributed by atoms with Crippen LogP contribution in [0.3, 0.4) is 0 Å². The summed E-state index contributed by atoms with van der Waals surface area (Å²) in [4.78, 5) is 12.2. The fourth-order valence-corrected chi connectivity index (χ4v) is 2.78. The third kappa shape index (κ3) is 3.55. The molecule has 0 aliphatic heterocycles. The topological polar surface area (TPSA) is 55.1 Å². The Bertz CT molecular complexity index is 630. The van der Waals surface area contributed by atoms with E-state index in [2.05, 4.69) is 29.6 Å². The second kappa shape index (κ2) is 6.32. The second-order valence-electron chi connectivity index (χ2n) is 6.25. The molecular formula is C19H22N2O. The highest BCUT2D eigenvalue weighted by atomic mass is 16.1. The fourth-order valence-electron chi connectivity index (χ4n) is 2.78. The van der Waals surface area contributed by atoms with Gasteiger partial charge in [0.05, 0.1) is 0 Å². The van der Waals surface area contributed by atoms with Crippen LogP contribution in [0.2, 0.25) is 0 Å². The second-order valence-corrected chi connectivity index (χ2v) is 6.25. The van der Waals surface area contributed by atoms with E-state index in [4.69, 9.17) is 5.73 Å². The van der Waals surface area contributed by atoms with E-state index in [1.807, 2.05) is 30.3 Å². The van der Waals surface area contributed by atoms with Crippen molar-refractivity contribution < 1.29 is 4.79 Å². The number of amides is 1. The van der Waals surface area contributed by atoms with Crippen molar-refractivity contribution >= 4 is 5.91 Å². The van der Waals surface area contributed by atoms with E-state index in [-0.39, 0.29) is 11.3 Å². The van der Waals surface area contributed by atoms with E-state index < -0.39 is 0 Å². The molecule has 2 aromatic rings. The summed E-state index contributed by atoms with van der Waals surface area (Å²) in [5.41, 5.74) is 8.92. The molecule has 3 heteroatoms. The summed E-state index contributed by atoms with van der Waals surface area (Å²) in [5, 5.41) is 3.09. The molecule has 3 rings (SSSR count).